The van der Waals surface area contributed by atoms with Gasteiger partial charge in [-0.25, -0.2) is 4.79 Å². The third-order valence-corrected chi connectivity index (χ3v) is 2.10. The molecule has 0 fully saturated rings. The quantitative estimate of drug-likeness (QED) is 0.597. The molecule has 0 aromatic heterocycles. The molecule has 0 bridgehead atoms. The number of carbonyl (C=O) groups is 2. The van der Waals surface area contributed by atoms with Gasteiger partial charge in [0.2, 0.25) is 5.91 Å². The topological polar surface area (TPSA) is 92.4 Å². The van der Waals surface area contributed by atoms with Gasteiger partial charge >= 0.3 is 5.97 Å². The van der Waals surface area contributed by atoms with Crippen LogP contribution in [0.5, 0.6) is 0 Å². The van der Waals surface area contributed by atoms with Crippen LogP contribution in [0.25, 0.3) is 0 Å². The van der Waals surface area contributed by atoms with Crippen LogP contribution in [-0.4, -0.2) is 29.1 Å². The number of carbonyl (C=O) groups excluding carboxylic acids is 1. The Bertz CT molecular complexity index is 229. The van der Waals surface area contributed by atoms with Gasteiger partial charge in [0.25, 0.3) is 0 Å². The molecule has 0 unspecified atom stereocenters. The second-order valence-corrected chi connectivity index (χ2v) is 4.04. The number of amides is 1. The lowest BCUT2D eigenvalue weighted by Gasteiger charge is -2.18. The summed E-state index contributed by atoms with van der Waals surface area (Å²) >= 11 is 0. The first-order chi connectivity index (χ1) is 6.88. The van der Waals surface area contributed by atoms with Crippen LogP contribution in [0.3, 0.4) is 0 Å². The van der Waals surface area contributed by atoms with Crippen molar-refractivity contribution in [1.82, 2.24) is 5.32 Å². The largest absolute Gasteiger partial charge is 0.480 e. The number of hydrogen-bond donors (Lipinski definition) is 3. The van der Waals surface area contributed by atoms with Crippen LogP contribution < -0.4 is 11.1 Å². The fourth-order valence-corrected chi connectivity index (χ4v) is 1.16. The lowest BCUT2D eigenvalue weighted by atomic mass is 10.0. The van der Waals surface area contributed by atoms with Crippen molar-refractivity contribution in [2.75, 3.05) is 0 Å². The van der Waals surface area contributed by atoms with Crippen molar-refractivity contribution >= 4 is 11.9 Å². The maximum atomic E-state index is 11.4. The molecule has 5 nitrogen and oxygen atoms in total. The van der Waals surface area contributed by atoms with Crippen LogP contribution in [0.15, 0.2) is 0 Å². The lowest BCUT2D eigenvalue weighted by Crippen LogP contribution is -2.48. The second-order valence-electron chi connectivity index (χ2n) is 4.04. The monoisotopic (exact) mass is 216 g/mol. The molecule has 15 heavy (non-hydrogen) atoms. The second kappa shape index (κ2) is 6.40. The minimum atomic E-state index is -1.01. The van der Waals surface area contributed by atoms with Gasteiger partial charge in [-0.05, 0) is 18.8 Å². The average Bonchev–Trinajstić information content (AvgIpc) is 2.14. The highest BCUT2D eigenvalue weighted by Crippen LogP contribution is 2.05. The molecule has 0 aromatic rings. The Hall–Kier alpha value is -1.10. The molecular formula is C10H20N2O3. The highest BCUT2D eigenvalue weighted by molar-refractivity contribution is 5.86. The number of nitrogens with one attached hydrogen (secondary N) is 1. The van der Waals surface area contributed by atoms with Gasteiger partial charge in [-0.3, -0.25) is 4.79 Å². The molecule has 4 N–H and O–H groups in total. The minimum Gasteiger partial charge on any atom is -0.480 e. The van der Waals surface area contributed by atoms with Gasteiger partial charge in [-0.1, -0.05) is 20.8 Å². The van der Waals surface area contributed by atoms with Crippen LogP contribution in [0.1, 0.15) is 33.6 Å². The van der Waals surface area contributed by atoms with E-state index < -0.39 is 24.0 Å². The summed E-state index contributed by atoms with van der Waals surface area (Å²) in [6, 6.07) is -1.46. The molecule has 5 heteroatoms. The van der Waals surface area contributed by atoms with Crippen molar-refractivity contribution in [1.29, 1.82) is 0 Å². The van der Waals surface area contributed by atoms with E-state index in [2.05, 4.69) is 5.32 Å². The van der Waals surface area contributed by atoms with E-state index in [1.54, 1.807) is 6.92 Å². The zero-order chi connectivity index (χ0) is 12.0. The summed E-state index contributed by atoms with van der Waals surface area (Å²) in [5, 5.41) is 11.3. The number of carboxylic acid groups (broad SMARTS) is 1. The predicted molar refractivity (Wildman–Crippen MR) is 57.3 cm³/mol. The molecule has 0 aliphatic carbocycles. The lowest BCUT2D eigenvalue weighted by molar-refractivity contribution is -0.142. The molecule has 0 spiro atoms. The normalized spacial score (nSPS) is 14.7. The summed E-state index contributed by atoms with van der Waals surface area (Å²) in [6.45, 7) is 5.59. The van der Waals surface area contributed by atoms with Crippen LogP contribution in [-0.2, 0) is 9.59 Å². The zero-order valence-corrected chi connectivity index (χ0v) is 9.49. The highest BCUT2D eigenvalue weighted by atomic mass is 16.4. The van der Waals surface area contributed by atoms with Crippen molar-refractivity contribution in [2.24, 2.45) is 11.7 Å². The summed E-state index contributed by atoms with van der Waals surface area (Å²) in [7, 11) is 0. The first-order valence-corrected chi connectivity index (χ1v) is 5.17. The Labute approximate surface area is 90.0 Å². The molecule has 0 aliphatic heterocycles. The minimum absolute atomic E-state index is 0.212. The van der Waals surface area contributed by atoms with Gasteiger partial charge < -0.3 is 16.2 Å². The molecular weight excluding hydrogens is 196 g/mol. The predicted octanol–water partition coefficient (Wildman–Crippen LogP) is 0.339. The maximum Gasteiger partial charge on any atom is 0.326 e. The standard InChI is InChI=1S/C10H20N2O3/c1-4-7(11)9(13)12-8(10(14)15)5-6(2)3/h6-8H,4-5,11H2,1-3H3,(H,12,13)(H,14,15)/t7-,8-/m1/s1. The van der Waals surface area contributed by atoms with E-state index in [0.29, 0.717) is 12.8 Å². The van der Waals surface area contributed by atoms with Crippen LogP contribution in [0, 0.1) is 5.92 Å². The summed E-state index contributed by atoms with van der Waals surface area (Å²) in [5.74, 6) is -1.20. The van der Waals surface area contributed by atoms with Crippen molar-refractivity contribution in [2.45, 2.75) is 45.7 Å². The fourth-order valence-electron chi connectivity index (χ4n) is 1.16. The van der Waals surface area contributed by atoms with E-state index in [-0.39, 0.29) is 5.92 Å². The highest BCUT2D eigenvalue weighted by Gasteiger charge is 2.23. The third-order valence-electron chi connectivity index (χ3n) is 2.10. The van der Waals surface area contributed by atoms with Gasteiger partial charge in [0.1, 0.15) is 6.04 Å². The first kappa shape index (κ1) is 13.9. The summed E-state index contributed by atoms with van der Waals surface area (Å²) in [6.07, 6.45) is 0.914. The van der Waals surface area contributed by atoms with Crippen molar-refractivity contribution < 1.29 is 14.7 Å². The number of nitrogens with two attached hydrogens (primary N) is 1. The van der Waals surface area contributed by atoms with Crippen LogP contribution in [0.2, 0.25) is 0 Å². The van der Waals surface area contributed by atoms with Crippen LogP contribution >= 0.6 is 0 Å². The van der Waals surface area contributed by atoms with Crippen LogP contribution in [0.4, 0.5) is 0 Å². The Kier molecular flexibility index (Phi) is 5.93. The van der Waals surface area contributed by atoms with E-state index in [0.717, 1.165) is 0 Å². The SMILES string of the molecule is CC[C@@H](N)C(=O)N[C@H](CC(C)C)C(=O)O. The average molecular weight is 216 g/mol. The number of hydrogen-bond acceptors (Lipinski definition) is 3. The number of rotatable bonds is 6. The summed E-state index contributed by atoms with van der Waals surface area (Å²) < 4.78 is 0. The molecule has 0 radical (unpaired) electrons. The van der Waals surface area contributed by atoms with E-state index in [1.807, 2.05) is 13.8 Å². The molecule has 0 aromatic carbocycles. The van der Waals surface area contributed by atoms with Gasteiger partial charge in [0.15, 0.2) is 0 Å². The maximum absolute atomic E-state index is 11.4. The number of aliphatic carboxylic acids is 1. The van der Waals surface area contributed by atoms with Gasteiger partial charge in [-0.2, -0.15) is 0 Å². The molecule has 0 rings (SSSR count). The molecule has 0 heterocycles. The van der Waals surface area contributed by atoms with E-state index in [1.165, 1.54) is 0 Å². The molecule has 0 saturated heterocycles. The van der Waals surface area contributed by atoms with Crippen molar-refractivity contribution in [3.63, 3.8) is 0 Å². The fraction of sp³-hybridized carbons (Fsp3) is 0.800. The molecule has 1 amide bonds. The Morgan fingerprint density at radius 3 is 2.27 bits per heavy atom. The molecule has 88 valence electrons. The molecule has 0 aliphatic rings. The summed E-state index contributed by atoms with van der Waals surface area (Å²) in [4.78, 5) is 22.2. The Balaban J connectivity index is 4.29. The smallest absolute Gasteiger partial charge is 0.326 e. The summed E-state index contributed by atoms with van der Waals surface area (Å²) in [5.41, 5.74) is 5.49. The molecule has 2 atom stereocenters. The van der Waals surface area contributed by atoms with E-state index >= 15 is 0 Å². The van der Waals surface area contributed by atoms with E-state index in [4.69, 9.17) is 10.8 Å². The zero-order valence-electron chi connectivity index (χ0n) is 9.49. The third kappa shape index (κ3) is 5.37. The van der Waals surface area contributed by atoms with Gasteiger partial charge in [-0.15, -0.1) is 0 Å². The van der Waals surface area contributed by atoms with Gasteiger partial charge in [0, 0.05) is 0 Å². The number of carboxylic acids is 1. The Morgan fingerprint density at radius 1 is 1.40 bits per heavy atom. The Morgan fingerprint density at radius 2 is 1.93 bits per heavy atom. The first-order valence-electron chi connectivity index (χ1n) is 5.17. The molecule has 0 saturated carbocycles. The van der Waals surface area contributed by atoms with E-state index in [9.17, 15) is 9.59 Å². The van der Waals surface area contributed by atoms with Crippen molar-refractivity contribution in [3.8, 4) is 0 Å². The van der Waals surface area contributed by atoms with Gasteiger partial charge in [0.05, 0.1) is 6.04 Å². The van der Waals surface area contributed by atoms with Crippen molar-refractivity contribution in [3.05, 3.63) is 0 Å².